The van der Waals surface area contributed by atoms with Gasteiger partial charge in [-0.05, 0) is 29.7 Å². The maximum Gasteiger partial charge on any atom is 0.302 e. The average molecular weight is 533 g/mol. The average Bonchev–Trinajstić information content (AvgIpc) is 3.21. The van der Waals surface area contributed by atoms with Crippen LogP contribution >= 0.6 is 0 Å². The summed E-state index contributed by atoms with van der Waals surface area (Å²) < 4.78 is 36.1. The Bertz CT molecular complexity index is 1410. The normalized spacial score (nSPS) is 11.9. The molecule has 3 rings (SSSR count). The van der Waals surface area contributed by atoms with Crippen molar-refractivity contribution in [2.75, 3.05) is 25.5 Å². The molecule has 0 aliphatic heterocycles. The minimum Gasteiger partial charge on any atom is -0.505 e. The van der Waals surface area contributed by atoms with Gasteiger partial charge in [-0.3, -0.25) is 9.59 Å². The highest BCUT2D eigenvalue weighted by molar-refractivity contribution is 7.91. The lowest BCUT2D eigenvalue weighted by Crippen LogP contribution is -2.26. The molecule has 0 aliphatic rings. The van der Waals surface area contributed by atoms with Gasteiger partial charge in [0, 0.05) is 38.4 Å². The number of aromatic hydroxyl groups is 1. The fraction of sp³-hybridized carbons (Fsp3) is 0.440. The second kappa shape index (κ2) is 11.2. The van der Waals surface area contributed by atoms with E-state index in [2.05, 4.69) is 15.5 Å². The van der Waals surface area contributed by atoms with Gasteiger partial charge in [0.2, 0.25) is 5.91 Å². The smallest absolute Gasteiger partial charge is 0.302 e. The predicted octanol–water partition coefficient (Wildman–Crippen LogP) is 2.67. The molecule has 3 aromatic rings. The number of phenols is 1. The number of carbonyl (C=O) groups is 2. The molecular formula is C25H32N4O7S. The number of benzene rings is 2. The van der Waals surface area contributed by atoms with Crippen molar-refractivity contribution in [3.05, 3.63) is 35.9 Å². The maximum atomic E-state index is 12.7. The first-order valence-electron chi connectivity index (χ1n) is 11.8. The van der Waals surface area contributed by atoms with Gasteiger partial charge in [-0.25, -0.2) is 8.42 Å². The molecule has 2 aromatic carbocycles. The molecule has 1 aromatic heterocycles. The van der Waals surface area contributed by atoms with E-state index in [0.29, 0.717) is 28.8 Å². The van der Waals surface area contributed by atoms with Gasteiger partial charge in [-0.15, -0.1) is 15.0 Å². The number of hydrogen-bond acceptors (Lipinski definition) is 9. The Hall–Kier alpha value is -3.67. The number of esters is 1. The van der Waals surface area contributed by atoms with Gasteiger partial charge < -0.3 is 19.9 Å². The molecule has 0 saturated heterocycles. The number of amides is 1. The summed E-state index contributed by atoms with van der Waals surface area (Å²) in [6.45, 7) is 9.02. The van der Waals surface area contributed by atoms with E-state index in [4.69, 9.17) is 9.47 Å². The highest BCUT2D eigenvalue weighted by Gasteiger charge is 2.24. The third-order valence-electron chi connectivity index (χ3n) is 5.41. The van der Waals surface area contributed by atoms with Crippen molar-refractivity contribution in [3.63, 3.8) is 0 Å². The molecule has 2 N–H and O–H groups in total. The zero-order chi connectivity index (χ0) is 27.4. The van der Waals surface area contributed by atoms with Gasteiger partial charge in [0.05, 0.1) is 23.9 Å². The van der Waals surface area contributed by atoms with Crippen molar-refractivity contribution in [1.82, 2.24) is 20.3 Å². The largest absolute Gasteiger partial charge is 0.505 e. The Kier molecular flexibility index (Phi) is 8.42. The van der Waals surface area contributed by atoms with Gasteiger partial charge >= 0.3 is 5.97 Å². The molecule has 0 saturated carbocycles. The van der Waals surface area contributed by atoms with Gasteiger partial charge in [0.1, 0.15) is 28.2 Å². The summed E-state index contributed by atoms with van der Waals surface area (Å²) >= 11 is 0. The third-order valence-corrected chi connectivity index (χ3v) is 7.12. The van der Waals surface area contributed by atoms with Crippen LogP contribution in [0.3, 0.4) is 0 Å². The van der Waals surface area contributed by atoms with Crippen molar-refractivity contribution in [2.24, 2.45) is 0 Å². The number of nitrogens with one attached hydrogen (secondary N) is 1. The lowest BCUT2D eigenvalue weighted by Gasteiger charge is -2.23. The number of hydrogen-bond donors (Lipinski definition) is 2. The third kappa shape index (κ3) is 7.19. The van der Waals surface area contributed by atoms with Crippen LogP contribution in [0.25, 0.3) is 16.7 Å². The van der Waals surface area contributed by atoms with E-state index in [0.717, 1.165) is 0 Å². The standard InChI is InChI=1S/C25H32N4O7S/c1-16(30)26-9-12-37(33,34)19-7-8-21-22(15-19)28-29(27-21)23-14-18(36-11-6-10-35-17(2)31)13-20(24(23)32)25(3,4)5/h7-8,13-15,32H,6,9-12H2,1-5H3,(H,26,30). The molecule has 0 bridgehead atoms. The zero-order valence-corrected chi connectivity index (χ0v) is 22.4. The monoisotopic (exact) mass is 532 g/mol. The highest BCUT2D eigenvalue weighted by atomic mass is 32.2. The molecule has 1 heterocycles. The fourth-order valence-electron chi connectivity index (χ4n) is 3.54. The van der Waals surface area contributed by atoms with Gasteiger partial charge in [0.15, 0.2) is 9.84 Å². The van der Waals surface area contributed by atoms with Gasteiger partial charge in [-0.2, -0.15) is 0 Å². The number of aromatic nitrogens is 3. The van der Waals surface area contributed by atoms with Crippen LogP contribution in [-0.2, 0) is 29.6 Å². The number of nitrogens with zero attached hydrogens (tertiary/aromatic N) is 3. The summed E-state index contributed by atoms with van der Waals surface area (Å²) in [7, 11) is -3.66. The Labute approximate surface area is 215 Å². The molecular weight excluding hydrogens is 500 g/mol. The van der Waals surface area contributed by atoms with Crippen LogP contribution in [-0.4, -0.2) is 65.9 Å². The van der Waals surface area contributed by atoms with Crippen LogP contribution in [0.15, 0.2) is 35.2 Å². The molecule has 0 radical (unpaired) electrons. The quantitative estimate of drug-likeness (QED) is 0.297. The van der Waals surface area contributed by atoms with Crippen LogP contribution < -0.4 is 10.1 Å². The van der Waals surface area contributed by atoms with E-state index in [1.165, 1.54) is 30.8 Å². The number of carbonyl (C=O) groups excluding carboxylic acids is 2. The van der Waals surface area contributed by atoms with Crippen LogP contribution in [0, 0.1) is 0 Å². The molecule has 0 fully saturated rings. The van der Waals surface area contributed by atoms with Crippen molar-refractivity contribution in [3.8, 4) is 17.2 Å². The van der Waals surface area contributed by atoms with Crippen LogP contribution in [0.5, 0.6) is 11.5 Å². The van der Waals surface area contributed by atoms with Crippen molar-refractivity contribution >= 4 is 32.7 Å². The van der Waals surface area contributed by atoms with Gasteiger partial charge in [-0.1, -0.05) is 20.8 Å². The molecule has 200 valence electrons. The molecule has 11 nitrogen and oxygen atoms in total. The van der Waals surface area contributed by atoms with Crippen LogP contribution in [0.4, 0.5) is 0 Å². The number of fused-ring (bicyclic) bond motifs is 1. The Balaban J connectivity index is 1.93. The summed E-state index contributed by atoms with van der Waals surface area (Å²) in [6, 6.07) is 7.74. The lowest BCUT2D eigenvalue weighted by atomic mass is 9.86. The second-order valence-electron chi connectivity index (χ2n) is 9.57. The molecule has 1 amide bonds. The van der Waals surface area contributed by atoms with Crippen LogP contribution in [0.1, 0.15) is 46.6 Å². The molecule has 0 unspecified atom stereocenters. The topological polar surface area (TPSA) is 150 Å². The predicted molar refractivity (Wildman–Crippen MR) is 137 cm³/mol. The summed E-state index contributed by atoms with van der Waals surface area (Å²) in [5.74, 6) is -0.467. The Morgan fingerprint density at radius 3 is 2.41 bits per heavy atom. The number of phenolic OH excluding ortho intramolecular Hbond substituents is 1. The second-order valence-corrected chi connectivity index (χ2v) is 11.7. The summed E-state index contributed by atoms with van der Waals surface area (Å²) in [5.41, 5.74) is 1.21. The first-order chi connectivity index (χ1) is 17.3. The van der Waals surface area contributed by atoms with Crippen molar-refractivity contribution < 1.29 is 32.6 Å². The summed E-state index contributed by atoms with van der Waals surface area (Å²) in [6.07, 6.45) is 0.490. The summed E-state index contributed by atoms with van der Waals surface area (Å²) in [5, 5.41) is 22.4. The van der Waals surface area contributed by atoms with E-state index >= 15 is 0 Å². The first kappa shape index (κ1) is 27.9. The zero-order valence-electron chi connectivity index (χ0n) is 21.6. The molecule has 0 aliphatic carbocycles. The van der Waals surface area contributed by atoms with Gasteiger partial charge in [0.25, 0.3) is 0 Å². The lowest BCUT2D eigenvalue weighted by molar-refractivity contribution is -0.141. The van der Waals surface area contributed by atoms with Crippen LogP contribution in [0.2, 0.25) is 0 Å². The Morgan fingerprint density at radius 1 is 1.05 bits per heavy atom. The van der Waals surface area contributed by atoms with E-state index in [-0.39, 0.29) is 53.7 Å². The molecule has 0 atom stereocenters. The number of ether oxygens (including phenoxy) is 2. The SMILES string of the molecule is CC(=O)NCCS(=O)(=O)c1ccc2nn(-c3cc(OCCCOC(C)=O)cc(C(C)(C)C)c3O)nc2c1. The highest BCUT2D eigenvalue weighted by Crippen LogP contribution is 2.38. The minimum absolute atomic E-state index is 0.000480. The van der Waals surface area contributed by atoms with Crippen molar-refractivity contribution in [1.29, 1.82) is 0 Å². The maximum absolute atomic E-state index is 12.7. The molecule has 0 spiro atoms. The minimum atomic E-state index is -3.66. The molecule has 37 heavy (non-hydrogen) atoms. The van der Waals surface area contributed by atoms with E-state index in [9.17, 15) is 23.1 Å². The number of sulfone groups is 1. The van der Waals surface area contributed by atoms with E-state index < -0.39 is 15.3 Å². The first-order valence-corrected chi connectivity index (χ1v) is 13.4. The summed E-state index contributed by atoms with van der Waals surface area (Å²) in [4.78, 5) is 23.3. The van der Waals surface area contributed by atoms with E-state index in [1.807, 2.05) is 20.8 Å². The fourth-order valence-corrected chi connectivity index (χ4v) is 4.71. The van der Waals surface area contributed by atoms with E-state index in [1.54, 1.807) is 18.2 Å². The molecule has 12 heteroatoms. The number of rotatable bonds is 10. The Morgan fingerprint density at radius 2 is 1.76 bits per heavy atom. The van der Waals surface area contributed by atoms with Crippen molar-refractivity contribution in [2.45, 2.75) is 51.3 Å².